The molecular formula is C7F13NaO5S. The van der Waals surface area contributed by atoms with E-state index in [-0.39, 0.29) is 29.6 Å². The van der Waals surface area contributed by atoms with Gasteiger partial charge in [0.1, 0.15) is 0 Å². The Morgan fingerprint density at radius 3 is 1.41 bits per heavy atom. The van der Waals surface area contributed by atoms with E-state index >= 15 is 0 Å². The zero-order chi connectivity index (χ0) is 21.6. The molecule has 20 heteroatoms. The summed E-state index contributed by atoms with van der Waals surface area (Å²) in [6.45, 7) is 0. The van der Waals surface area contributed by atoms with Crippen molar-refractivity contribution in [2.45, 2.75) is 29.5 Å². The summed E-state index contributed by atoms with van der Waals surface area (Å²) < 4.78 is 195. The Balaban J connectivity index is 0. The van der Waals surface area contributed by atoms with E-state index in [1.54, 1.807) is 0 Å². The van der Waals surface area contributed by atoms with Gasteiger partial charge in [0.2, 0.25) is 0 Å². The Hall–Kier alpha value is -0.500. The van der Waals surface area contributed by atoms with Crippen LogP contribution in [0.2, 0.25) is 0 Å². The monoisotopic (exact) mass is 466 g/mol. The van der Waals surface area contributed by atoms with E-state index in [0.29, 0.717) is 0 Å². The maximum atomic E-state index is 13.3. The van der Waals surface area contributed by atoms with Crippen LogP contribution >= 0.6 is 0 Å². The van der Waals surface area contributed by atoms with Crippen LogP contribution in [0, 0.1) is 0 Å². The summed E-state index contributed by atoms with van der Waals surface area (Å²) in [6.07, 6.45) is -26.3. The molecule has 0 radical (unpaired) electrons. The van der Waals surface area contributed by atoms with E-state index in [4.69, 9.17) is 0 Å². The van der Waals surface area contributed by atoms with Crippen molar-refractivity contribution in [3.8, 4) is 0 Å². The molecule has 5 nitrogen and oxygen atoms in total. The van der Waals surface area contributed by atoms with Crippen molar-refractivity contribution in [2.24, 2.45) is 0 Å². The van der Waals surface area contributed by atoms with Gasteiger partial charge >= 0.3 is 71.2 Å². The molecule has 1 atom stereocenters. The van der Waals surface area contributed by atoms with E-state index in [1.165, 1.54) is 4.74 Å². The summed E-state index contributed by atoms with van der Waals surface area (Å²) >= 11 is 0. The molecule has 0 aliphatic heterocycles. The molecule has 0 N–H and O–H groups in total. The molecule has 0 spiro atoms. The van der Waals surface area contributed by atoms with Crippen LogP contribution in [0.25, 0.3) is 0 Å². The van der Waals surface area contributed by atoms with Gasteiger partial charge in [0.15, 0.2) is 10.1 Å². The second kappa shape index (κ2) is 8.09. The van der Waals surface area contributed by atoms with E-state index < -0.39 is 51.7 Å². The molecule has 0 saturated heterocycles. The van der Waals surface area contributed by atoms with E-state index in [9.17, 15) is 70.0 Å². The Bertz CT molecular complexity index is 669. The summed E-state index contributed by atoms with van der Waals surface area (Å²) in [7, 11) is -7.59. The second-order valence-corrected chi connectivity index (χ2v) is 5.26. The smallest absolute Gasteiger partial charge is 0.743 e. The molecule has 0 heterocycles. The molecule has 27 heavy (non-hydrogen) atoms. The molecule has 0 rings (SSSR count). The average molecular weight is 466 g/mol. The zero-order valence-corrected chi connectivity index (χ0v) is 14.7. The van der Waals surface area contributed by atoms with Gasteiger partial charge in [-0.15, -0.1) is 0 Å². The molecule has 0 aromatic heterocycles. The number of ether oxygens (including phenoxy) is 2. The van der Waals surface area contributed by atoms with E-state index in [2.05, 4.69) is 0 Å². The van der Waals surface area contributed by atoms with Crippen LogP contribution < -0.4 is 29.6 Å². The molecule has 0 aliphatic carbocycles. The minimum Gasteiger partial charge on any atom is -0.743 e. The van der Waals surface area contributed by atoms with Crippen molar-refractivity contribution in [3.05, 3.63) is 12.1 Å². The molecule has 0 amide bonds. The van der Waals surface area contributed by atoms with Crippen molar-refractivity contribution in [2.75, 3.05) is 0 Å². The maximum Gasteiger partial charge on any atom is 1.00 e. The molecule has 0 bridgehead atoms. The van der Waals surface area contributed by atoms with Gasteiger partial charge in [0.05, 0.1) is 0 Å². The largest absolute Gasteiger partial charge is 1.00 e. The quantitative estimate of drug-likeness (QED) is 0.238. The molecule has 1 unspecified atom stereocenters. The summed E-state index contributed by atoms with van der Waals surface area (Å²) in [6, 6.07) is -4.04. The van der Waals surface area contributed by atoms with Crippen molar-refractivity contribution >= 4 is 10.1 Å². The van der Waals surface area contributed by atoms with Gasteiger partial charge in [-0.05, 0) is 0 Å². The first kappa shape index (κ1) is 28.7. The van der Waals surface area contributed by atoms with Crippen LogP contribution in [-0.2, 0) is 19.6 Å². The number of hydrogen-bond acceptors (Lipinski definition) is 5. The Morgan fingerprint density at radius 1 is 0.778 bits per heavy atom. The summed E-state index contributed by atoms with van der Waals surface area (Å²) in [5, 5.41) is -7.20. The fourth-order valence-electron chi connectivity index (χ4n) is 0.876. The molecule has 0 fully saturated rings. The first-order valence-electron chi connectivity index (χ1n) is 4.98. The maximum absolute atomic E-state index is 13.3. The molecule has 156 valence electrons. The minimum absolute atomic E-state index is 0. The Morgan fingerprint density at radius 2 is 1.15 bits per heavy atom. The van der Waals surface area contributed by atoms with Crippen LogP contribution in [0.5, 0.6) is 0 Å². The number of alkyl halides is 10. The van der Waals surface area contributed by atoms with Gasteiger partial charge in [-0.1, -0.05) is 0 Å². The third-order valence-corrected chi connectivity index (χ3v) is 2.89. The first-order chi connectivity index (χ1) is 11.0. The van der Waals surface area contributed by atoms with Crippen molar-refractivity contribution in [1.82, 2.24) is 0 Å². The molecule has 0 aliphatic rings. The average Bonchev–Trinajstić information content (AvgIpc) is 2.33. The molecule has 0 aromatic rings. The fourth-order valence-corrected chi connectivity index (χ4v) is 1.21. The summed E-state index contributed by atoms with van der Waals surface area (Å²) in [4.78, 5) is 0. The van der Waals surface area contributed by atoms with Gasteiger partial charge in [-0.25, -0.2) is 13.2 Å². The van der Waals surface area contributed by atoms with Crippen LogP contribution in [0.15, 0.2) is 12.1 Å². The summed E-state index contributed by atoms with van der Waals surface area (Å²) in [5.41, 5.74) is 0. The van der Waals surface area contributed by atoms with E-state index in [1.807, 2.05) is 4.74 Å². The minimum atomic E-state index is -7.59. The van der Waals surface area contributed by atoms with Gasteiger partial charge in [-0.3, -0.25) is 0 Å². The van der Waals surface area contributed by atoms with Crippen molar-refractivity contribution in [1.29, 1.82) is 0 Å². The Kier molecular flexibility index (Phi) is 8.60. The zero-order valence-electron chi connectivity index (χ0n) is 11.9. The topological polar surface area (TPSA) is 75.7 Å². The van der Waals surface area contributed by atoms with Crippen LogP contribution in [-0.4, -0.2) is 42.5 Å². The number of hydrogen-bond donors (Lipinski definition) is 0. The van der Waals surface area contributed by atoms with Crippen LogP contribution in [0.4, 0.5) is 57.1 Å². The van der Waals surface area contributed by atoms with Gasteiger partial charge in [0, 0.05) is 0 Å². The number of halogens is 13. The predicted molar refractivity (Wildman–Crippen MR) is 47.0 cm³/mol. The Labute approximate surface area is 161 Å². The van der Waals surface area contributed by atoms with Gasteiger partial charge < -0.3 is 9.29 Å². The molecule has 0 aromatic carbocycles. The van der Waals surface area contributed by atoms with Crippen LogP contribution in [0.1, 0.15) is 0 Å². The van der Waals surface area contributed by atoms with Gasteiger partial charge in [0.25, 0.3) is 0 Å². The van der Waals surface area contributed by atoms with Crippen LogP contribution in [0.3, 0.4) is 0 Å². The van der Waals surface area contributed by atoms with E-state index in [0.717, 1.165) is 0 Å². The van der Waals surface area contributed by atoms with Crippen molar-refractivity contribution in [3.63, 3.8) is 0 Å². The SMILES string of the molecule is O=S(=O)([O-])C(F)(F)C(F)(F)OC(F)(F)C(F)(OC(F)=C(F)F)C(F)(F)F.[Na+]. The normalized spacial score (nSPS) is 16.2. The standard InChI is InChI=1S/C7HF13O5S.Na/c8-1(9)2(10)24-3(11,4(12,13)14)5(15,16)25-6(17,18)7(19,20)26(21,22)23;/h(H,21,22,23);/q;+1/p-1. The first-order valence-corrected chi connectivity index (χ1v) is 6.39. The third kappa shape index (κ3) is 5.52. The van der Waals surface area contributed by atoms with Gasteiger partial charge in [-0.2, -0.15) is 57.1 Å². The second-order valence-electron chi connectivity index (χ2n) is 3.84. The molecule has 0 saturated carbocycles. The fraction of sp³-hybridized carbons (Fsp3) is 0.714. The van der Waals surface area contributed by atoms with Crippen molar-refractivity contribution < 1.29 is 109 Å². The third-order valence-electron chi connectivity index (χ3n) is 2.03. The molecular weight excluding hydrogens is 466 g/mol. The number of rotatable bonds is 7. The summed E-state index contributed by atoms with van der Waals surface area (Å²) in [5.74, 6) is -7.29. The predicted octanol–water partition coefficient (Wildman–Crippen LogP) is 0.610.